The number of nitrogens with zero attached hydrogens (tertiary/aromatic N) is 4. The van der Waals surface area contributed by atoms with Gasteiger partial charge < -0.3 is 0 Å². The predicted octanol–water partition coefficient (Wildman–Crippen LogP) is 5.31. The third kappa shape index (κ3) is 4.64. The summed E-state index contributed by atoms with van der Waals surface area (Å²) in [5.41, 5.74) is -0.289. The molecule has 4 nitrogen and oxygen atoms in total. The smallest absolute Gasteiger partial charge is 0.220 e. The van der Waals surface area contributed by atoms with Gasteiger partial charge in [-0.05, 0) is 30.7 Å². The van der Waals surface area contributed by atoms with Crippen LogP contribution < -0.4 is 0 Å². The van der Waals surface area contributed by atoms with Crippen LogP contribution in [-0.2, 0) is 6.18 Å². The van der Waals surface area contributed by atoms with Crippen molar-refractivity contribution in [3.8, 4) is 17.2 Å². The molecule has 3 aromatic rings. The minimum Gasteiger partial charge on any atom is -0.220 e. The first-order chi connectivity index (χ1) is 13.0. The Hall–Kier alpha value is -2.56. The SMILES string of the molecule is Cc1ccc(-c2cc(C(F)(F)F)n(-c3ncccn3)n2)cc1SCC(F)(F)F. The van der Waals surface area contributed by atoms with Crippen LogP contribution in [0.4, 0.5) is 26.3 Å². The Morgan fingerprint density at radius 3 is 2.29 bits per heavy atom. The van der Waals surface area contributed by atoms with E-state index in [0.29, 0.717) is 26.9 Å². The predicted molar refractivity (Wildman–Crippen MR) is 91.1 cm³/mol. The van der Waals surface area contributed by atoms with Gasteiger partial charge in [0.15, 0.2) is 5.69 Å². The molecule has 0 unspecified atom stereocenters. The zero-order valence-corrected chi connectivity index (χ0v) is 15.0. The third-order valence-corrected chi connectivity index (χ3v) is 4.84. The van der Waals surface area contributed by atoms with Gasteiger partial charge in [-0.15, -0.1) is 11.8 Å². The van der Waals surface area contributed by atoms with Crippen molar-refractivity contribution >= 4 is 11.8 Å². The Bertz CT molecular complexity index is 966. The van der Waals surface area contributed by atoms with Crippen LogP contribution in [0.5, 0.6) is 0 Å². The second-order valence-corrected chi connectivity index (χ2v) is 6.77. The van der Waals surface area contributed by atoms with E-state index in [2.05, 4.69) is 15.1 Å². The summed E-state index contributed by atoms with van der Waals surface area (Å²) in [5, 5.41) is 3.94. The average Bonchev–Trinajstić information content (AvgIpc) is 3.07. The maximum Gasteiger partial charge on any atom is 0.433 e. The third-order valence-electron chi connectivity index (χ3n) is 3.62. The van der Waals surface area contributed by atoms with Gasteiger partial charge in [0.2, 0.25) is 0 Å². The first-order valence-electron chi connectivity index (χ1n) is 7.80. The zero-order valence-electron chi connectivity index (χ0n) is 14.2. The highest BCUT2D eigenvalue weighted by Gasteiger charge is 2.37. The standard InChI is InChI=1S/C17H12F6N4S/c1-10-3-4-11(7-13(10)28-9-16(18,19)20)12-8-14(17(21,22)23)27(26-12)15-24-5-2-6-25-15/h2-8H,9H2,1H3. The molecule has 0 fully saturated rings. The van der Waals surface area contributed by atoms with Gasteiger partial charge in [0, 0.05) is 22.9 Å². The number of alkyl halides is 6. The van der Waals surface area contributed by atoms with Gasteiger partial charge >= 0.3 is 12.4 Å². The Morgan fingerprint density at radius 1 is 1.00 bits per heavy atom. The number of benzene rings is 1. The fourth-order valence-corrected chi connectivity index (χ4v) is 3.18. The second kappa shape index (κ2) is 7.46. The lowest BCUT2D eigenvalue weighted by Crippen LogP contribution is -2.14. The highest BCUT2D eigenvalue weighted by molar-refractivity contribution is 7.99. The highest BCUT2D eigenvalue weighted by Crippen LogP contribution is 2.36. The molecule has 148 valence electrons. The van der Waals surface area contributed by atoms with Gasteiger partial charge in [-0.25, -0.2) is 9.97 Å². The summed E-state index contributed by atoms with van der Waals surface area (Å²) >= 11 is 0.569. The van der Waals surface area contributed by atoms with Gasteiger partial charge in [0.1, 0.15) is 0 Å². The van der Waals surface area contributed by atoms with Gasteiger partial charge in [-0.1, -0.05) is 12.1 Å². The van der Waals surface area contributed by atoms with Crippen LogP contribution in [0.3, 0.4) is 0 Å². The topological polar surface area (TPSA) is 43.6 Å². The largest absolute Gasteiger partial charge is 0.433 e. The molecule has 0 N–H and O–H groups in total. The molecule has 1 aromatic carbocycles. The number of hydrogen-bond acceptors (Lipinski definition) is 4. The molecule has 0 aliphatic heterocycles. The van der Waals surface area contributed by atoms with Crippen molar-refractivity contribution in [3.63, 3.8) is 0 Å². The first-order valence-corrected chi connectivity index (χ1v) is 8.78. The Balaban J connectivity index is 2.04. The van der Waals surface area contributed by atoms with Crippen LogP contribution in [0.25, 0.3) is 17.2 Å². The van der Waals surface area contributed by atoms with Crippen LogP contribution in [-0.4, -0.2) is 31.7 Å². The molecule has 2 heterocycles. The van der Waals surface area contributed by atoms with E-state index in [1.54, 1.807) is 13.0 Å². The minimum absolute atomic E-state index is 0.0476. The molecular weight excluding hydrogens is 406 g/mol. The van der Waals surface area contributed by atoms with E-state index < -0.39 is 23.8 Å². The van der Waals surface area contributed by atoms with Crippen molar-refractivity contribution in [2.75, 3.05) is 5.75 Å². The summed E-state index contributed by atoms with van der Waals surface area (Å²) in [6, 6.07) is 6.71. The quantitative estimate of drug-likeness (QED) is 0.425. The Morgan fingerprint density at radius 2 is 1.68 bits per heavy atom. The molecule has 0 radical (unpaired) electrons. The van der Waals surface area contributed by atoms with Crippen LogP contribution in [0.2, 0.25) is 0 Å². The number of aryl methyl sites for hydroxylation is 1. The molecule has 3 rings (SSSR count). The van der Waals surface area contributed by atoms with Crippen molar-refractivity contribution in [3.05, 3.63) is 54.0 Å². The molecule has 0 spiro atoms. The summed E-state index contributed by atoms with van der Waals surface area (Å²) < 4.78 is 78.3. The second-order valence-electron chi connectivity index (χ2n) is 5.76. The van der Waals surface area contributed by atoms with E-state index in [4.69, 9.17) is 0 Å². The minimum atomic E-state index is -4.72. The summed E-state index contributed by atoms with van der Waals surface area (Å²) in [7, 11) is 0. The van der Waals surface area contributed by atoms with E-state index in [9.17, 15) is 26.3 Å². The maximum absolute atomic E-state index is 13.4. The van der Waals surface area contributed by atoms with E-state index in [0.717, 1.165) is 6.07 Å². The Kier molecular flexibility index (Phi) is 5.37. The van der Waals surface area contributed by atoms with E-state index in [-0.39, 0.29) is 17.2 Å². The van der Waals surface area contributed by atoms with Crippen molar-refractivity contribution in [1.29, 1.82) is 0 Å². The van der Waals surface area contributed by atoms with E-state index in [1.165, 1.54) is 30.6 Å². The molecule has 0 amide bonds. The number of aromatic nitrogens is 4. The van der Waals surface area contributed by atoms with Crippen LogP contribution in [0.15, 0.2) is 47.6 Å². The van der Waals surface area contributed by atoms with Crippen molar-refractivity contribution in [2.24, 2.45) is 0 Å². The zero-order chi connectivity index (χ0) is 20.5. The van der Waals surface area contributed by atoms with Crippen molar-refractivity contribution < 1.29 is 26.3 Å². The number of halogens is 6. The van der Waals surface area contributed by atoms with Gasteiger partial charge in [0.05, 0.1) is 11.4 Å². The van der Waals surface area contributed by atoms with Crippen LogP contribution >= 0.6 is 11.8 Å². The summed E-state index contributed by atoms with van der Waals surface area (Å²) in [4.78, 5) is 7.87. The fourth-order valence-electron chi connectivity index (χ4n) is 2.35. The molecule has 0 aliphatic rings. The average molecular weight is 418 g/mol. The number of hydrogen-bond donors (Lipinski definition) is 0. The number of rotatable bonds is 4. The van der Waals surface area contributed by atoms with Crippen LogP contribution in [0.1, 0.15) is 11.3 Å². The highest BCUT2D eigenvalue weighted by atomic mass is 32.2. The molecule has 0 bridgehead atoms. The molecule has 0 saturated carbocycles. The monoisotopic (exact) mass is 418 g/mol. The normalized spacial score (nSPS) is 12.4. The van der Waals surface area contributed by atoms with E-state index >= 15 is 0 Å². The van der Waals surface area contributed by atoms with Crippen molar-refractivity contribution in [2.45, 2.75) is 24.2 Å². The molecule has 0 atom stereocenters. The molecule has 28 heavy (non-hydrogen) atoms. The summed E-state index contributed by atoms with van der Waals surface area (Å²) in [6.45, 7) is 1.63. The summed E-state index contributed by atoms with van der Waals surface area (Å²) in [5.74, 6) is -1.36. The van der Waals surface area contributed by atoms with E-state index in [1.807, 2.05) is 0 Å². The molecule has 2 aromatic heterocycles. The lowest BCUT2D eigenvalue weighted by Gasteiger charge is -2.09. The number of thioether (sulfide) groups is 1. The lowest BCUT2D eigenvalue weighted by atomic mass is 10.1. The van der Waals surface area contributed by atoms with Gasteiger partial charge in [-0.3, -0.25) is 0 Å². The maximum atomic E-state index is 13.4. The molecule has 0 aliphatic carbocycles. The first kappa shape index (κ1) is 20.2. The van der Waals surface area contributed by atoms with Crippen LogP contribution in [0, 0.1) is 6.92 Å². The lowest BCUT2D eigenvalue weighted by molar-refractivity contribution is -0.143. The summed E-state index contributed by atoms with van der Waals surface area (Å²) in [6.07, 6.45) is -6.52. The molecule has 0 saturated heterocycles. The molecular formula is C17H12F6N4S. The fraction of sp³-hybridized carbons (Fsp3) is 0.235. The van der Waals surface area contributed by atoms with Gasteiger partial charge in [0.25, 0.3) is 5.95 Å². The Labute approximate surface area is 159 Å². The molecule has 11 heteroatoms. The van der Waals surface area contributed by atoms with Gasteiger partial charge in [-0.2, -0.15) is 36.1 Å². The van der Waals surface area contributed by atoms with Crippen molar-refractivity contribution in [1.82, 2.24) is 19.7 Å².